The summed E-state index contributed by atoms with van der Waals surface area (Å²) >= 11 is 0. The lowest BCUT2D eigenvalue weighted by Gasteiger charge is -2.16. The second-order valence-corrected chi connectivity index (χ2v) is 6.37. The fraction of sp³-hybridized carbons (Fsp3) is 0.208. The van der Waals surface area contributed by atoms with Gasteiger partial charge in [-0.2, -0.15) is 0 Å². The molecule has 3 rings (SSSR count). The van der Waals surface area contributed by atoms with E-state index in [1.165, 1.54) is 0 Å². The molecule has 0 unspecified atom stereocenters. The molecule has 0 aliphatic heterocycles. The molecule has 150 valence electrons. The zero-order chi connectivity index (χ0) is 20.5. The lowest BCUT2D eigenvalue weighted by molar-refractivity contribution is 0.0526. The molecule has 3 aromatic carbocycles. The number of carbonyl (C=O) groups is 1. The highest BCUT2D eigenvalue weighted by Crippen LogP contribution is 2.32. The van der Waals surface area contributed by atoms with Crippen LogP contribution in [0.3, 0.4) is 0 Å². The second kappa shape index (κ2) is 10.2. The van der Waals surface area contributed by atoms with Crippen molar-refractivity contribution in [1.29, 1.82) is 0 Å². The van der Waals surface area contributed by atoms with E-state index in [4.69, 9.17) is 14.2 Å². The van der Waals surface area contributed by atoms with Crippen LogP contribution in [-0.2, 0) is 17.9 Å². The van der Waals surface area contributed by atoms with E-state index >= 15 is 0 Å². The zero-order valence-electron chi connectivity index (χ0n) is 16.7. The van der Waals surface area contributed by atoms with Gasteiger partial charge >= 0.3 is 5.97 Å². The van der Waals surface area contributed by atoms with Crippen LogP contribution < -0.4 is 14.8 Å². The van der Waals surface area contributed by atoms with Gasteiger partial charge in [0.15, 0.2) is 11.5 Å². The molecule has 0 fully saturated rings. The molecule has 0 spiro atoms. The summed E-state index contributed by atoms with van der Waals surface area (Å²) in [5.74, 6) is 1.09. The molecule has 0 bridgehead atoms. The van der Waals surface area contributed by atoms with E-state index < -0.39 is 0 Å². The van der Waals surface area contributed by atoms with Crippen molar-refractivity contribution in [3.8, 4) is 11.5 Å². The Morgan fingerprint density at radius 3 is 2.38 bits per heavy atom. The van der Waals surface area contributed by atoms with E-state index in [1.54, 1.807) is 26.2 Å². The predicted molar refractivity (Wildman–Crippen MR) is 113 cm³/mol. The Morgan fingerprint density at radius 1 is 0.931 bits per heavy atom. The number of esters is 1. The molecule has 3 aromatic rings. The Kier molecular flexibility index (Phi) is 7.11. The molecule has 0 aliphatic rings. The standard InChI is InChI=1S/C24H25NO4/c1-3-28-24(26)19-12-14-21(15-13-19)25-16-20-10-7-11-22(27-2)23(20)29-17-18-8-5-4-6-9-18/h4-15,25H,3,16-17H2,1-2H3. The van der Waals surface area contributed by atoms with Gasteiger partial charge in [0.25, 0.3) is 0 Å². The minimum atomic E-state index is -0.316. The Hall–Kier alpha value is -3.47. The topological polar surface area (TPSA) is 56.8 Å². The minimum Gasteiger partial charge on any atom is -0.493 e. The first-order valence-electron chi connectivity index (χ1n) is 9.55. The summed E-state index contributed by atoms with van der Waals surface area (Å²) in [6, 6.07) is 23.1. The lowest BCUT2D eigenvalue weighted by Crippen LogP contribution is -2.06. The molecule has 0 heterocycles. The number of hydrogen-bond donors (Lipinski definition) is 1. The zero-order valence-corrected chi connectivity index (χ0v) is 16.7. The van der Waals surface area contributed by atoms with Gasteiger partial charge in [-0.1, -0.05) is 42.5 Å². The molecule has 29 heavy (non-hydrogen) atoms. The third-order valence-electron chi connectivity index (χ3n) is 4.39. The Labute approximate surface area is 171 Å². The maximum atomic E-state index is 11.8. The molecular weight excluding hydrogens is 366 g/mol. The minimum absolute atomic E-state index is 0.316. The first-order valence-corrected chi connectivity index (χ1v) is 9.55. The quantitative estimate of drug-likeness (QED) is 0.517. The molecule has 0 radical (unpaired) electrons. The first kappa shape index (κ1) is 20.3. The summed E-state index contributed by atoms with van der Waals surface area (Å²) in [4.78, 5) is 11.8. The smallest absolute Gasteiger partial charge is 0.338 e. The summed E-state index contributed by atoms with van der Waals surface area (Å²) in [5, 5.41) is 3.36. The highest BCUT2D eigenvalue weighted by Gasteiger charge is 2.11. The van der Waals surface area contributed by atoms with E-state index in [9.17, 15) is 4.79 Å². The maximum absolute atomic E-state index is 11.8. The number of ether oxygens (including phenoxy) is 3. The van der Waals surface area contributed by atoms with Crippen LogP contribution in [0.25, 0.3) is 0 Å². The van der Waals surface area contributed by atoms with Gasteiger partial charge in [-0.15, -0.1) is 0 Å². The number of rotatable bonds is 9. The van der Waals surface area contributed by atoms with Crippen LogP contribution in [0.2, 0.25) is 0 Å². The third-order valence-corrected chi connectivity index (χ3v) is 4.39. The molecule has 0 saturated carbocycles. The van der Waals surface area contributed by atoms with Gasteiger partial charge in [0, 0.05) is 17.8 Å². The lowest BCUT2D eigenvalue weighted by atomic mass is 10.1. The molecule has 0 saturated heterocycles. The summed E-state index contributed by atoms with van der Waals surface area (Å²) < 4.78 is 16.6. The van der Waals surface area contributed by atoms with Crippen LogP contribution in [0.15, 0.2) is 72.8 Å². The number of methoxy groups -OCH3 is 1. The van der Waals surface area contributed by atoms with Crippen LogP contribution in [0, 0.1) is 0 Å². The fourth-order valence-electron chi connectivity index (χ4n) is 2.89. The van der Waals surface area contributed by atoms with E-state index in [0.717, 1.165) is 22.6 Å². The monoisotopic (exact) mass is 391 g/mol. The van der Waals surface area contributed by atoms with Gasteiger partial charge in [-0.05, 0) is 42.8 Å². The molecule has 0 amide bonds. The van der Waals surface area contributed by atoms with Gasteiger partial charge in [0.05, 0.1) is 19.3 Å². The molecule has 0 aliphatic carbocycles. The van der Waals surface area contributed by atoms with E-state index in [0.29, 0.717) is 31.1 Å². The van der Waals surface area contributed by atoms with Crippen LogP contribution in [0.5, 0.6) is 11.5 Å². The number of nitrogens with one attached hydrogen (secondary N) is 1. The van der Waals surface area contributed by atoms with Crippen molar-refractivity contribution < 1.29 is 19.0 Å². The second-order valence-electron chi connectivity index (χ2n) is 6.37. The van der Waals surface area contributed by atoms with Crippen LogP contribution in [0.1, 0.15) is 28.4 Å². The van der Waals surface area contributed by atoms with Crippen molar-refractivity contribution >= 4 is 11.7 Å². The number of para-hydroxylation sites is 1. The predicted octanol–water partition coefficient (Wildman–Crippen LogP) is 5.06. The molecule has 0 aromatic heterocycles. The van der Waals surface area contributed by atoms with Crippen molar-refractivity contribution in [2.75, 3.05) is 19.0 Å². The number of carbonyl (C=O) groups excluding carboxylic acids is 1. The van der Waals surface area contributed by atoms with Crippen LogP contribution in [-0.4, -0.2) is 19.7 Å². The number of anilines is 1. The normalized spacial score (nSPS) is 10.3. The van der Waals surface area contributed by atoms with Crippen molar-refractivity contribution in [1.82, 2.24) is 0 Å². The van der Waals surface area contributed by atoms with Gasteiger partial charge in [-0.25, -0.2) is 4.79 Å². The molecule has 5 nitrogen and oxygen atoms in total. The highest BCUT2D eigenvalue weighted by atomic mass is 16.5. The molecule has 0 atom stereocenters. The number of benzene rings is 3. The number of hydrogen-bond acceptors (Lipinski definition) is 5. The van der Waals surface area contributed by atoms with E-state index in [1.807, 2.05) is 60.7 Å². The third kappa shape index (κ3) is 5.51. The van der Waals surface area contributed by atoms with Gasteiger partial charge < -0.3 is 19.5 Å². The van der Waals surface area contributed by atoms with Gasteiger partial charge in [0.2, 0.25) is 0 Å². The SMILES string of the molecule is CCOC(=O)c1ccc(NCc2cccc(OC)c2OCc2ccccc2)cc1. The van der Waals surface area contributed by atoms with Crippen molar-refractivity contribution in [3.05, 3.63) is 89.5 Å². The van der Waals surface area contributed by atoms with Crippen molar-refractivity contribution in [2.24, 2.45) is 0 Å². The Bertz CT molecular complexity index is 923. The summed E-state index contributed by atoms with van der Waals surface area (Å²) in [5.41, 5.74) is 3.50. The van der Waals surface area contributed by atoms with E-state index in [-0.39, 0.29) is 5.97 Å². The average Bonchev–Trinajstić information content (AvgIpc) is 2.77. The van der Waals surface area contributed by atoms with Crippen LogP contribution >= 0.6 is 0 Å². The summed E-state index contributed by atoms with van der Waals surface area (Å²) in [6.07, 6.45) is 0. The van der Waals surface area contributed by atoms with Gasteiger partial charge in [0.1, 0.15) is 6.61 Å². The largest absolute Gasteiger partial charge is 0.493 e. The first-order chi connectivity index (χ1) is 14.2. The fourth-order valence-corrected chi connectivity index (χ4v) is 2.89. The highest BCUT2D eigenvalue weighted by molar-refractivity contribution is 5.89. The average molecular weight is 391 g/mol. The maximum Gasteiger partial charge on any atom is 0.338 e. The molecule has 5 heteroatoms. The van der Waals surface area contributed by atoms with E-state index in [2.05, 4.69) is 5.32 Å². The molecule has 1 N–H and O–H groups in total. The van der Waals surface area contributed by atoms with Gasteiger partial charge in [-0.3, -0.25) is 0 Å². The Morgan fingerprint density at radius 2 is 1.69 bits per heavy atom. The Balaban J connectivity index is 1.69. The summed E-state index contributed by atoms with van der Waals surface area (Å²) in [6.45, 7) is 3.17. The van der Waals surface area contributed by atoms with Crippen molar-refractivity contribution in [2.45, 2.75) is 20.1 Å². The van der Waals surface area contributed by atoms with Crippen LogP contribution in [0.4, 0.5) is 5.69 Å². The van der Waals surface area contributed by atoms with Crippen molar-refractivity contribution in [3.63, 3.8) is 0 Å². The molecular formula is C24H25NO4. The summed E-state index contributed by atoms with van der Waals surface area (Å²) in [7, 11) is 1.63.